The zero-order valence-electron chi connectivity index (χ0n) is 17.2. The van der Waals surface area contributed by atoms with Crippen LogP contribution in [0.2, 0.25) is 0 Å². The van der Waals surface area contributed by atoms with Crippen LogP contribution in [0.15, 0.2) is 24.5 Å². The normalized spacial score (nSPS) is 48.1. The first-order valence-electron chi connectivity index (χ1n) is 10.7. The molecule has 2 unspecified atom stereocenters. The SMILES string of the molecule is C[C@@H]1CCC2[C@@H](C)[C@@H](OC(=O)c3ccncc3)O[C@]34C[C@]23C1CC[C@@](C)(OO)O4. The van der Waals surface area contributed by atoms with Crippen molar-refractivity contribution in [3.63, 3.8) is 0 Å². The maximum Gasteiger partial charge on any atom is 0.340 e. The largest absolute Gasteiger partial charge is 0.432 e. The topological polar surface area (TPSA) is 87.1 Å². The van der Waals surface area contributed by atoms with E-state index in [2.05, 4.69) is 18.8 Å². The number of carbonyl (C=O) groups is 1. The zero-order chi connectivity index (χ0) is 20.4. The van der Waals surface area contributed by atoms with Gasteiger partial charge < -0.3 is 14.2 Å². The van der Waals surface area contributed by atoms with Crippen LogP contribution in [0.4, 0.5) is 0 Å². The highest BCUT2D eigenvalue weighted by atomic mass is 17.2. The molecule has 158 valence electrons. The lowest BCUT2D eigenvalue weighted by Crippen LogP contribution is -2.54. The third-order valence-electron chi connectivity index (χ3n) is 8.05. The fraction of sp³-hybridized carbons (Fsp3) is 0.727. The number of hydrogen-bond acceptors (Lipinski definition) is 7. The minimum absolute atomic E-state index is 0.0643. The van der Waals surface area contributed by atoms with Gasteiger partial charge in [0, 0.05) is 36.6 Å². The second-order valence-corrected chi connectivity index (χ2v) is 9.59. The second kappa shape index (κ2) is 6.48. The molecule has 2 aliphatic heterocycles. The van der Waals surface area contributed by atoms with E-state index < -0.39 is 23.8 Å². The van der Waals surface area contributed by atoms with Crippen molar-refractivity contribution >= 4 is 5.97 Å². The summed E-state index contributed by atoms with van der Waals surface area (Å²) in [5.41, 5.74) is 0.348. The average Bonchev–Trinajstić information content (AvgIpc) is 3.36. The Balaban J connectivity index is 1.47. The summed E-state index contributed by atoms with van der Waals surface area (Å²) in [6.45, 7) is 6.18. The second-order valence-electron chi connectivity index (χ2n) is 9.59. The molecule has 0 amide bonds. The molecule has 1 aromatic rings. The molecule has 1 aromatic heterocycles. The molecular weight excluding hydrogens is 374 g/mol. The highest BCUT2D eigenvalue weighted by molar-refractivity contribution is 5.89. The minimum Gasteiger partial charge on any atom is -0.432 e. The number of carbonyl (C=O) groups excluding carboxylic acids is 1. The van der Waals surface area contributed by atoms with Crippen LogP contribution in [-0.2, 0) is 19.1 Å². The molecule has 0 aromatic carbocycles. The summed E-state index contributed by atoms with van der Waals surface area (Å²) in [6.07, 6.45) is 6.92. The van der Waals surface area contributed by atoms with Crippen LogP contribution >= 0.6 is 0 Å². The number of esters is 1. The lowest BCUT2D eigenvalue weighted by molar-refractivity contribution is -0.448. The predicted octanol–water partition coefficient (Wildman–Crippen LogP) is 4.00. The van der Waals surface area contributed by atoms with Gasteiger partial charge in [0.25, 0.3) is 0 Å². The molecule has 1 spiro atoms. The summed E-state index contributed by atoms with van der Waals surface area (Å²) < 4.78 is 18.6. The molecule has 7 nitrogen and oxygen atoms in total. The number of pyridine rings is 1. The van der Waals surface area contributed by atoms with Gasteiger partial charge in [-0.1, -0.05) is 20.3 Å². The lowest BCUT2D eigenvalue weighted by Gasteiger charge is -2.51. The molecule has 7 heteroatoms. The van der Waals surface area contributed by atoms with Gasteiger partial charge >= 0.3 is 5.97 Å². The Morgan fingerprint density at radius 1 is 1.21 bits per heavy atom. The molecule has 8 atom stereocenters. The summed E-state index contributed by atoms with van der Waals surface area (Å²) in [5, 5.41) is 9.54. The van der Waals surface area contributed by atoms with E-state index in [0.717, 1.165) is 25.7 Å². The highest BCUT2D eigenvalue weighted by Gasteiger charge is 2.83. The first kappa shape index (κ1) is 19.4. The summed E-state index contributed by atoms with van der Waals surface area (Å²) in [4.78, 5) is 21.4. The lowest BCUT2D eigenvalue weighted by atomic mass is 9.58. The number of ether oxygens (including phenoxy) is 3. The Labute approximate surface area is 170 Å². The van der Waals surface area contributed by atoms with Crippen LogP contribution < -0.4 is 0 Å². The van der Waals surface area contributed by atoms with E-state index in [1.54, 1.807) is 31.5 Å². The van der Waals surface area contributed by atoms with E-state index >= 15 is 0 Å². The van der Waals surface area contributed by atoms with Crippen LogP contribution in [0, 0.1) is 29.1 Å². The molecule has 29 heavy (non-hydrogen) atoms. The van der Waals surface area contributed by atoms with Gasteiger partial charge in [-0.3, -0.25) is 4.98 Å². The molecule has 2 aliphatic carbocycles. The fourth-order valence-electron chi connectivity index (χ4n) is 6.59. The Bertz CT molecular complexity index is 804. The number of nitrogens with zero attached hydrogens (tertiary/aromatic N) is 1. The van der Waals surface area contributed by atoms with Crippen LogP contribution in [0.3, 0.4) is 0 Å². The summed E-state index contributed by atoms with van der Waals surface area (Å²) in [5.74, 6) is -1.01. The quantitative estimate of drug-likeness (QED) is 0.464. The number of hydrogen-bond donors (Lipinski definition) is 1. The molecule has 5 rings (SSSR count). The van der Waals surface area contributed by atoms with Gasteiger partial charge in [-0.05, 0) is 49.7 Å². The summed E-state index contributed by atoms with van der Waals surface area (Å²) >= 11 is 0. The van der Waals surface area contributed by atoms with Gasteiger partial charge in [0.1, 0.15) is 0 Å². The number of aromatic nitrogens is 1. The molecule has 1 N–H and O–H groups in total. The molecule has 2 saturated carbocycles. The zero-order valence-corrected chi connectivity index (χ0v) is 17.2. The average molecular weight is 403 g/mol. The Morgan fingerprint density at radius 3 is 2.69 bits per heavy atom. The highest BCUT2D eigenvalue weighted by Crippen LogP contribution is 2.78. The third kappa shape index (κ3) is 2.71. The van der Waals surface area contributed by atoms with Crippen molar-refractivity contribution < 1.29 is 29.1 Å². The van der Waals surface area contributed by atoms with Crippen LogP contribution in [0.1, 0.15) is 63.2 Å². The van der Waals surface area contributed by atoms with E-state index in [1.165, 1.54) is 0 Å². The third-order valence-corrected chi connectivity index (χ3v) is 8.05. The van der Waals surface area contributed by atoms with Gasteiger partial charge in [0.15, 0.2) is 5.79 Å². The van der Waals surface area contributed by atoms with E-state index in [-0.39, 0.29) is 11.3 Å². The first-order valence-corrected chi connectivity index (χ1v) is 10.7. The van der Waals surface area contributed by atoms with Crippen LogP contribution in [-0.4, -0.2) is 34.1 Å². The fourth-order valence-corrected chi connectivity index (χ4v) is 6.59. The van der Waals surface area contributed by atoms with Crippen molar-refractivity contribution in [1.82, 2.24) is 4.98 Å². The molecule has 0 radical (unpaired) electrons. The molecule has 4 fully saturated rings. The van der Waals surface area contributed by atoms with Gasteiger partial charge in [0.2, 0.25) is 12.1 Å². The van der Waals surface area contributed by atoms with Crippen molar-refractivity contribution in [2.75, 3.05) is 0 Å². The summed E-state index contributed by atoms with van der Waals surface area (Å²) in [7, 11) is 0. The van der Waals surface area contributed by atoms with Gasteiger partial charge in [-0.2, -0.15) is 0 Å². The van der Waals surface area contributed by atoms with E-state index in [1.807, 2.05) is 0 Å². The van der Waals surface area contributed by atoms with Crippen LogP contribution in [0.5, 0.6) is 0 Å². The van der Waals surface area contributed by atoms with Gasteiger partial charge in [0.05, 0.1) is 5.56 Å². The van der Waals surface area contributed by atoms with Gasteiger partial charge in [-0.15, -0.1) is 0 Å². The molecular formula is C22H29NO6. The molecule has 3 heterocycles. The molecule has 4 aliphatic rings. The Hall–Kier alpha value is -1.54. The maximum absolute atomic E-state index is 12.7. The minimum atomic E-state index is -1.12. The first-order chi connectivity index (χ1) is 13.8. The Kier molecular flexibility index (Phi) is 4.34. The standard InChI is InChI=1S/C22H29NO6/c1-13-4-5-17-14(2)19(26-18(24)15-7-10-23-11-8-15)27-22-12-21(17,22)16(13)6-9-20(3,28-22)29-25/h7-8,10-11,13-14,16-17,19,25H,4-6,9,12H2,1-3H3/t13-,14-,16?,17?,19+,20-,21+,22+/m1/s1. The van der Waals surface area contributed by atoms with Crippen molar-refractivity contribution in [3.05, 3.63) is 30.1 Å². The van der Waals surface area contributed by atoms with Gasteiger partial charge in [-0.25, -0.2) is 14.9 Å². The monoisotopic (exact) mass is 403 g/mol. The summed E-state index contributed by atoms with van der Waals surface area (Å²) in [6, 6.07) is 3.26. The Morgan fingerprint density at radius 2 is 1.97 bits per heavy atom. The number of rotatable bonds is 3. The van der Waals surface area contributed by atoms with E-state index in [9.17, 15) is 10.1 Å². The van der Waals surface area contributed by atoms with Crippen molar-refractivity contribution in [1.29, 1.82) is 0 Å². The molecule has 2 saturated heterocycles. The smallest absolute Gasteiger partial charge is 0.340 e. The molecule has 0 bridgehead atoms. The van der Waals surface area contributed by atoms with E-state index in [0.29, 0.717) is 29.7 Å². The predicted molar refractivity (Wildman–Crippen MR) is 101 cm³/mol. The maximum atomic E-state index is 12.7. The van der Waals surface area contributed by atoms with Crippen molar-refractivity contribution in [2.45, 2.75) is 70.7 Å². The van der Waals surface area contributed by atoms with Crippen LogP contribution in [0.25, 0.3) is 0 Å². The van der Waals surface area contributed by atoms with Crippen molar-refractivity contribution in [3.8, 4) is 0 Å². The van der Waals surface area contributed by atoms with E-state index in [4.69, 9.17) is 19.1 Å². The van der Waals surface area contributed by atoms with Crippen molar-refractivity contribution in [2.24, 2.45) is 29.1 Å².